The summed E-state index contributed by atoms with van der Waals surface area (Å²) in [5.41, 5.74) is 1.36. The van der Waals surface area contributed by atoms with Gasteiger partial charge in [0, 0.05) is 25.7 Å². The summed E-state index contributed by atoms with van der Waals surface area (Å²) >= 11 is 0. The molecule has 0 aliphatic rings. The highest BCUT2D eigenvalue weighted by Gasteiger charge is 2.08. The molecule has 0 aliphatic heterocycles. The Morgan fingerprint density at radius 2 is 2.00 bits per heavy atom. The van der Waals surface area contributed by atoms with E-state index >= 15 is 0 Å². The standard InChI is InChI=1S/C15H22N2/c1-4-10-16-11-12-17(14(2)3)13-15-8-6-5-7-9-15/h1,5-9,14,16H,10-13H2,2-3H3. The van der Waals surface area contributed by atoms with Crippen LogP contribution in [-0.2, 0) is 6.54 Å². The van der Waals surface area contributed by atoms with E-state index in [-0.39, 0.29) is 0 Å². The van der Waals surface area contributed by atoms with Crippen LogP contribution in [0.1, 0.15) is 19.4 Å². The second kappa shape index (κ2) is 7.89. The molecule has 1 aromatic rings. The van der Waals surface area contributed by atoms with Crippen molar-refractivity contribution in [1.82, 2.24) is 10.2 Å². The Morgan fingerprint density at radius 3 is 2.59 bits per heavy atom. The summed E-state index contributed by atoms with van der Waals surface area (Å²) in [4.78, 5) is 2.44. The lowest BCUT2D eigenvalue weighted by Gasteiger charge is -2.26. The fourth-order valence-electron chi connectivity index (χ4n) is 1.72. The van der Waals surface area contributed by atoms with E-state index in [4.69, 9.17) is 6.42 Å². The van der Waals surface area contributed by atoms with E-state index in [0.29, 0.717) is 12.6 Å². The van der Waals surface area contributed by atoms with Gasteiger partial charge in [0.05, 0.1) is 6.54 Å². The molecule has 0 spiro atoms. The molecule has 1 aromatic carbocycles. The minimum absolute atomic E-state index is 0.544. The van der Waals surface area contributed by atoms with Crippen LogP contribution >= 0.6 is 0 Å². The molecule has 2 heteroatoms. The van der Waals surface area contributed by atoms with Gasteiger partial charge in [-0.2, -0.15) is 0 Å². The molecule has 0 amide bonds. The SMILES string of the molecule is C#CCNCCN(Cc1ccccc1)C(C)C. The normalized spacial score (nSPS) is 10.8. The van der Waals surface area contributed by atoms with Crippen LogP contribution < -0.4 is 5.32 Å². The van der Waals surface area contributed by atoms with Crippen LogP contribution in [0, 0.1) is 12.3 Å². The maximum Gasteiger partial charge on any atom is 0.0574 e. The zero-order valence-corrected chi connectivity index (χ0v) is 10.8. The molecule has 0 heterocycles. The van der Waals surface area contributed by atoms with Crippen LogP contribution in [0.4, 0.5) is 0 Å². The molecule has 0 bridgehead atoms. The van der Waals surface area contributed by atoms with E-state index in [1.54, 1.807) is 0 Å². The van der Waals surface area contributed by atoms with E-state index in [1.807, 2.05) is 0 Å². The summed E-state index contributed by atoms with van der Waals surface area (Å²) < 4.78 is 0. The first kappa shape index (κ1) is 13.8. The van der Waals surface area contributed by atoms with Gasteiger partial charge in [0.2, 0.25) is 0 Å². The first-order valence-electron chi connectivity index (χ1n) is 6.16. The molecule has 0 unspecified atom stereocenters. The molecule has 17 heavy (non-hydrogen) atoms. The van der Waals surface area contributed by atoms with Crippen molar-refractivity contribution in [3.8, 4) is 12.3 Å². The van der Waals surface area contributed by atoms with E-state index < -0.39 is 0 Å². The Balaban J connectivity index is 2.41. The van der Waals surface area contributed by atoms with E-state index in [9.17, 15) is 0 Å². The molecule has 0 saturated heterocycles. The van der Waals surface area contributed by atoms with Crippen LogP contribution in [0.3, 0.4) is 0 Å². The molecule has 0 saturated carbocycles. The van der Waals surface area contributed by atoms with Gasteiger partial charge < -0.3 is 5.32 Å². The number of rotatable bonds is 7. The zero-order chi connectivity index (χ0) is 12.5. The van der Waals surface area contributed by atoms with Crippen molar-refractivity contribution in [2.24, 2.45) is 0 Å². The number of hydrogen-bond donors (Lipinski definition) is 1. The van der Waals surface area contributed by atoms with Crippen LogP contribution in [0.2, 0.25) is 0 Å². The predicted octanol–water partition coefficient (Wildman–Crippen LogP) is 2.12. The average molecular weight is 230 g/mol. The van der Waals surface area contributed by atoms with Crippen molar-refractivity contribution in [3.05, 3.63) is 35.9 Å². The predicted molar refractivity (Wildman–Crippen MR) is 73.7 cm³/mol. The first-order valence-corrected chi connectivity index (χ1v) is 6.16. The number of terminal acetylenes is 1. The second-order valence-corrected chi connectivity index (χ2v) is 4.43. The van der Waals surface area contributed by atoms with Crippen molar-refractivity contribution < 1.29 is 0 Å². The molecule has 0 fully saturated rings. The molecular formula is C15H22N2. The Hall–Kier alpha value is -1.30. The summed E-state index contributed by atoms with van der Waals surface area (Å²) in [7, 11) is 0. The van der Waals surface area contributed by atoms with Crippen molar-refractivity contribution >= 4 is 0 Å². The van der Waals surface area contributed by atoms with Gasteiger partial charge in [0.25, 0.3) is 0 Å². The van der Waals surface area contributed by atoms with E-state index in [0.717, 1.165) is 19.6 Å². The summed E-state index contributed by atoms with van der Waals surface area (Å²) in [5.74, 6) is 2.59. The molecule has 0 aliphatic carbocycles. The molecule has 92 valence electrons. The minimum Gasteiger partial charge on any atom is -0.305 e. The van der Waals surface area contributed by atoms with Crippen molar-refractivity contribution in [2.75, 3.05) is 19.6 Å². The zero-order valence-electron chi connectivity index (χ0n) is 10.8. The lowest BCUT2D eigenvalue weighted by molar-refractivity contribution is 0.214. The Morgan fingerprint density at radius 1 is 1.29 bits per heavy atom. The van der Waals surface area contributed by atoms with Crippen LogP contribution in [-0.4, -0.2) is 30.6 Å². The number of nitrogens with one attached hydrogen (secondary N) is 1. The average Bonchev–Trinajstić information content (AvgIpc) is 2.34. The third-order valence-electron chi connectivity index (χ3n) is 2.76. The molecule has 0 aromatic heterocycles. The van der Waals surface area contributed by atoms with Gasteiger partial charge in [0.15, 0.2) is 0 Å². The highest BCUT2D eigenvalue weighted by atomic mass is 15.2. The van der Waals surface area contributed by atoms with Crippen LogP contribution in [0.25, 0.3) is 0 Å². The quantitative estimate of drug-likeness (QED) is 0.570. The Kier molecular flexibility index (Phi) is 6.39. The summed E-state index contributed by atoms with van der Waals surface area (Å²) in [5, 5.41) is 3.23. The van der Waals surface area contributed by atoms with Crippen molar-refractivity contribution in [3.63, 3.8) is 0 Å². The first-order chi connectivity index (χ1) is 8.24. The minimum atomic E-state index is 0.544. The van der Waals surface area contributed by atoms with Gasteiger partial charge in [-0.25, -0.2) is 0 Å². The number of hydrogen-bond acceptors (Lipinski definition) is 2. The third kappa shape index (κ3) is 5.53. The number of benzene rings is 1. The number of nitrogens with zero attached hydrogens (tertiary/aromatic N) is 1. The highest BCUT2D eigenvalue weighted by Crippen LogP contribution is 2.07. The lowest BCUT2D eigenvalue weighted by Crippen LogP contribution is -2.36. The smallest absolute Gasteiger partial charge is 0.0574 e. The largest absolute Gasteiger partial charge is 0.305 e. The van der Waals surface area contributed by atoms with E-state index in [1.165, 1.54) is 5.56 Å². The summed E-state index contributed by atoms with van der Waals surface area (Å²) in [6.45, 7) is 8.06. The Labute approximate surface area is 105 Å². The summed E-state index contributed by atoms with van der Waals surface area (Å²) in [6.07, 6.45) is 5.20. The monoisotopic (exact) mass is 230 g/mol. The van der Waals surface area contributed by atoms with E-state index in [2.05, 4.69) is 60.3 Å². The fourth-order valence-corrected chi connectivity index (χ4v) is 1.72. The van der Waals surface area contributed by atoms with Crippen molar-refractivity contribution in [1.29, 1.82) is 0 Å². The van der Waals surface area contributed by atoms with Gasteiger partial charge in [-0.15, -0.1) is 6.42 Å². The van der Waals surface area contributed by atoms with Gasteiger partial charge in [-0.05, 0) is 19.4 Å². The van der Waals surface area contributed by atoms with Crippen LogP contribution in [0.5, 0.6) is 0 Å². The lowest BCUT2D eigenvalue weighted by atomic mass is 10.2. The van der Waals surface area contributed by atoms with Gasteiger partial charge >= 0.3 is 0 Å². The molecule has 0 atom stereocenters. The molecule has 2 nitrogen and oxygen atoms in total. The van der Waals surface area contributed by atoms with Gasteiger partial charge in [-0.1, -0.05) is 36.3 Å². The topological polar surface area (TPSA) is 15.3 Å². The van der Waals surface area contributed by atoms with Gasteiger partial charge in [-0.3, -0.25) is 4.90 Å². The maximum absolute atomic E-state index is 5.20. The molecule has 0 radical (unpaired) electrons. The molecule has 1 rings (SSSR count). The summed E-state index contributed by atoms with van der Waals surface area (Å²) in [6, 6.07) is 11.1. The molecule has 1 N–H and O–H groups in total. The van der Waals surface area contributed by atoms with Gasteiger partial charge in [0.1, 0.15) is 0 Å². The van der Waals surface area contributed by atoms with Crippen molar-refractivity contribution in [2.45, 2.75) is 26.4 Å². The highest BCUT2D eigenvalue weighted by molar-refractivity contribution is 5.14. The third-order valence-corrected chi connectivity index (χ3v) is 2.76. The maximum atomic E-state index is 5.20. The second-order valence-electron chi connectivity index (χ2n) is 4.43. The van der Waals surface area contributed by atoms with Crippen LogP contribution in [0.15, 0.2) is 30.3 Å². The Bertz CT molecular complexity index is 338. The molecular weight excluding hydrogens is 208 g/mol. The fraction of sp³-hybridized carbons (Fsp3) is 0.467.